The number of ether oxygens (including phenoxy) is 1. The molecule has 0 saturated heterocycles. The van der Waals surface area contributed by atoms with E-state index in [0.29, 0.717) is 28.7 Å². The Bertz CT molecular complexity index is 864. The summed E-state index contributed by atoms with van der Waals surface area (Å²) in [5.41, 5.74) is 1.12. The summed E-state index contributed by atoms with van der Waals surface area (Å²) in [4.78, 5) is 43.0. The average Bonchev–Trinajstić information content (AvgIpc) is 2.64. The molecule has 0 saturated carbocycles. The SMILES string of the molecule is CCCOC(=O)c1ccccc1NC(=O)CSc1nc(C(C)C)cc(=O)[nH]1. The maximum absolute atomic E-state index is 12.3. The van der Waals surface area contributed by atoms with Gasteiger partial charge in [0.05, 0.1) is 29.3 Å². The molecule has 1 aromatic heterocycles. The van der Waals surface area contributed by atoms with Gasteiger partial charge in [0, 0.05) is 6.07 Å². The van der Waals surface area contributed by atoms with Gasteiger partial charge in [-0.05, 0) is 24.5 Å². The Hall–Kier alpha value is -2.61. The van der Waals surface area contributed by atoms with E-state index in [1.807, 2.05) is 20.8 Å². The molecule has 2 rings (SSSR count). The monoisotopic (exact) mass is 389 g/mol. The molecule has 0 aliphatic rings. The molecule has 144 valence electrons. The van der Waals surface area contributed by atoms with Gasteiger partial charge >= 0.3 is 5.97 Å². The molecule has 27 heavy (non-hydrogen) atoms. The zero-order chi connectivity index (χ0) is 19.8. The quantitative estimate of drug-likeness (QED) is 0.408. The summed E-state index contributed by atoms with van der Waals surface area (Å²) < 4.78 is 5.13. The number of hydrogen-bond donors (Lipinski definition) is 2. The van der Waals surface area contributed by atoms with Crippen LogP contribution in [-0.2, 0) is 9.53 Å². The summed E-state index contributed by atoms with van der Waals surface area (Å²) in [5.74, 6) is -0.631. The molecule has 1 amide bonds. The van der Waals surface area contributed by atoms with Crippen molar-refractivity contribution >= 4 is 29.3 Å². The van der Waals surface area contributed by atoms with Crippen molar-refractivity contribution in [3.8, 4) is 0 Å². The summed E-state index contributed by atoms with van der Waals surface area (Å²) >= 11 is 1.13. The summed E-state index contributed by atoms with van der Waals surface area (Å²) in [7, 11) is 0. The Morgan fingerprint density at radius 3 is 2.74 bits per heavy atom. The lowest BCUT2D eigenvalue weighted by atomic mass is 10.1. The standard InChI is InChI=1S/C19H23N3O4S/c1-4-9-26-18(25)13-7-5-6-8-14(13)20-17(24)11-27-19-21-15(12(2)3)10-16(23)22-19/h5-8,10,12H,4,9,11H2,1-3H3,(H,20,24)(H,21,22,23). The van der Waals surface area contributed by atoms with E-state index in [1.54, 1.807) is 24.3 Å². The van der Waals surface area contributed by atoms with Crippen LogP contribution >= 0.6 is 11.8 Å². The van der Waals surface area contributed by atoms with E-state index >= 15 is 0 Å². The van der Waals surface area contributed by atoms with E-state index in [2.05, 4.69) is 15.3 Å². The van der Waals surface area contributed by atoms with Crippen LogP contribution in [0, 0.1) is 0 Å². The molecular formula is C19H23N3O4S. The van der Waals surface area contributed by atoms with E-state index < -0.39 is 5.97 Å². The number of benzene rings is 1. The molecule has 0 radical (unpaired) electrons. The minimum atomic E-state index is -0.476. The number of amides is 1. The van der Waals surface area contributed by atoms with Gasteiger partial charge in [-0.3, -0.25) is 9.59 Å². The number of aromatic nitrogens is 2. The Balaban J connectivity index is 2.03. The first-order chi connectivity index (χ1) is 12.9. The molecule has 7 nitrogen and oxygen atoms in total. The summed E-state index contributed by atoms with van der Waals surface area (Å²) in [6, 6.07) is 8.13. The van der Waals surface area contributed by atoms with Gasteiger partial charge in [0.2, 0.25) is 5.91 Å². The van der Waals surface area contributed by atoms with E-state index in [0.717, 1.165) is 18.2 Å². The van der Waals surface area contributed by atoms with Gasteiger partial charge in [-0.15, -0.1) is 0 Å². The highest BCUT2D eigenvalue weighted by atomic mass is 32.2. The minimum Gasteiger partial charge on any atom is -0.462 e. The number of nitrogens with zero attached hydrogens (tertiary/aromatic N) is 1. The maximum atomic E-state index is 12.3. The molecule has 2 N–H and O–H groups in total. The van der Waals surface area contributed by atoms with Crippen LogP contribution < -0.4 is 10.9 Å². The molecular weight excluding hydrogens is 366 g/mol. The number of hydrogen-bond acceptors (Lipinski definition) is 6. The van der Waals surface area contributed by atoms with Crippen LogP contribution in [0.1, 0.15) is 49.2 Å². The normalized spacial score (nSPS) is 10.7. The third-order valence-corrected chi connectivity index (χ3v) is 4.40. The Labute approximate surface area is 161 Å². The number of aromatic amines is 1. The van der Waals surface area contributed by atoms with E-state index in [-0.39, 0.29) is 23.1 Å². The van der Waals surface area contributed by atoms with Crippen molar-refractivity contribution in [2.24, 2.45) is 0 Å². The van der Waals surface area contributed by atoms with Crippen molar-refractivity contribution in [2.45, 2.75) is 38.3 Å². The van der Waals surface area contributed by atoms with E-state index in [1.165, 1.54) is 6.07 Å². The zero-order valence-electron chi connectivity index (χ0n) is 15.6. The lowest BCUT2D eigenvalue weighted by molar-refractivity contribution is -0.113. The predicted octanol–water partition coefficient (Wildman–Crippen LogP) is 3.19. The van der Waals surface area contributed by atoms with Crippen LogP contribution in [0.2, 0.25) is 0 Å². The molecule has 0 aliphatic heterocycles. The molecule has 0 aliphatic carbocycles. The van der Waals surface area contributed by atoms with E-state index in [9.17, 15) is 14.4 Å². The molecule has 0 bridgehead atoms. The van der Waals surface area contributed by atoms with Gasteiger partial charge in [-0.1, -0.05) is 44.7 Å². The van der Waals surface area contributed by atoms with Crippen LogP contribution in [0.5, 0.6) is 0 Å². The van der Waals surface area contributed by atoms with Gasteiger partial charge in [-0.25, -0.2) is 9.78 Å². The average molecular weight is 389 g/mol. The number of H-pyrrole nitrogens is 1. The van der Waals surface area contributed by atoms with Gasteiger partial charge in [-0.2, -0.15) is 0 Å². The molecule has 1 aromatic carbocycles. The largest absolute Gasteiger partial charge is 0.462 e. The van der Waals surface area contributed by atoms with Crippen LogP contribution in [0.3, 0.4) is 0 Å². The van der Waals surface area contributed by atoms with Crippen molar-refractivity contribution < 1.29 is 14.3 Å². The third kappa shape index (κ3) is 6.25. The third-order valence-electron chi connectivity index (χ3n) is 3.53. The van der Waals surface area contributed by atoms with Crippen molar-refractivity contribution in [3.05, 3.63) is 51.9 Å². The molecule has 0 unspecified atom stereocenters. The number of nitrogens with one attached hydrogen (secondary N) is 2. The lowest BCUT2D eigenvalue weighted by Gasteiger charge is -2.11. The number of thioether (sulfide) groups is 1. The van der Waals surface area contributed by atoms with Crippen LogP contribution in [-0.4, -0.2) is 34.2 Å². The first kappa shape index (κ1) is 20.7. The number of esters is 1. The molecule has 1 heterocycles. The number of rotatable bonds is 8. The molecule has 0 atom stereocenters. The number of carbonyl (C=O) groups is 2. The fourth-order valence-electron chi connectivity index (χ4n) is 2.18. The highest BCUT2D eigenvalue weighted by Crippen LogP contribution is 2.19. The second-order valence-electron chi connectivity index (χ2n) is 6.15. The van der Waals surface area contributed by atoms with E-state index in [4.69, 9.17) is 4.74 Å². The van der Waals surface area contributed by atoms with Gasteiger partial charge < -0.3 is 15.0 Å². The number of para-hydroxylation sites is 1. The highest BCUT2D eigenvalue weighted by molar-refractivity contribution is 7.99. The molecule has 2 aromatic rings. The van der Waals surface area contributed by atoms with Crippen molar-refractivity contribution in [2.75, 3.05) is 17.7 Å². The molecule has 0 fully saturated rings. The van der Waals surface area contributed by atoms with Crippen molar-refractivity contribution in [1.29, 1.82) is 0 Å². The van der Waals surface area contributed by atoms with Crippen LogP contribution in [0.25, 0.3) is 0 Å². The second-order valence-corrected chi connectivity index (χ2v) is 7.11. The van der Waals surface area contributed by atoms with Gasteiger partial charge in [0.1, 0.15) is 0 Å². The number of anilines is 1. The summed E-state index contributed by atoms with van der Waals surface area (Å²) in [6.07, 6.45) is 0.720. The Kier molecular flexibility index (Phi) is 7.60. The lowest BCUT2D eigenvalue weighted by Crippen LogP contribution is -2.18. The Morgan fingerprint density at radius 1 is 1.30 bits per heavy atom. The molecule has 0 spiro atoms. The topological polar surface area (TPSA) is 101 Å². The first-order valence-corrected chi connectivity index (χ1v) is 9.69. The maximum Gasteiger partial charge on any atom is 0.340 e. The predicted molar refractivity (Wildman–Crippen MR) is 105 cm³/mol. The van der Waals surface area contributed by atoms with Gasteiger partial charge in [0.15, 0.2) is 5.16 Å². The van der Waals surface area contributed by atoms with Crippen molar-refractivity contribution in [1.82, 2.24) is 9.97 Å². The smallest absolute Gasteiger partial charge is 0.340 e. The zero-order valence-corrected chi connectivity index (χ0v) is 16.4. The van der Waals surface area contributed by atoms with Crippen LogP contribution in [0.15, 0.2) is 40.3 Å². The summed E-state index contributed by atoms with van der Waals surface area (Å²) in [6.45, 7) is 6.11. The second kappa shape index (κ2) is 9.91. The van der Waals surface area contributed by atoms with Crippen molar-refractivity contribution in [3.63, 3.8) is 0 Å². The summed E-state index contributed by atoms with van der Waals surface area (Å²) in [5, 5.41) is 3.10. The first-order valence-electron chi connectivity index (χ1n) is 8.70. The minimum absolute atomic E-state index is 0.0445. The van der Waals surface area contributed by atoms with Crippen LogP contribution in [0.4, 0.5) is 5.69 Å². The number of carbonyl (C=O) groups excluding carboxylic acids is 2. The highest BCUT2D eigenvalue weighted by Gasteiger charge is 2.15. The Morgan fingerprint density at radius 2 is 2.04 bits per heavy atom. The van der Waals surface area contributed by atoms with Gasteiger partial charge in [0.25, 0.3) is 5.56 Å². The molecule has 8 heteroatoms. The fraction of sp³-hybridized carbons (Fsp3) is 0.368. The fourth-order valence-corrected chi connectivity index (χ4v) is 2.86.